The molecule has 0 aliphatic carbocycles. The summed E-state index contributed by atoms with van der Waals surface area (Å²) in [5.41, 5.74) is 1.07. The SMILES string of the molecule is CCNc1cnc(CN2CCC(C)CC2)cn1. The highest BCUT2D eigenvalue weighted by atomic mass is 15.1. The summed E-state index contributed by atoms with van der Waals surface area (Å²) in [7, 11) is 0. The molecular weight excluding hydrogens is 212 g/mol. The van der Waals surface area contributed by atoms with E-state index in [1.807, 2.05) is 12.4 Å². The van der Waals surface area contributed by atoms with Gasteiger partial charge in [0.1, 0.15) is 5.82 Å². The molecule has 1 aliphatic rings. The fourth-order valence-electron chi connectivity index (χ4n) is 2.16. The molecule has 1 N–H and O–H groups in total. The van der Waals surface area contributed by atoms with Crippen LogP contribution < -0.4 is 5.32 Å². The molecule has 4 heteroatoms. The molecule has 2 rings (SSSR count). The zero-order chi connectivity index (χ0) is 12.1. The molecule has 1 saturated heterocycles. The first-order valence-corrected chi connectivity index (χ1v) is 6.55. The zero-order valence-electron chi connectivity index (χ0n) is 10.8. The summed E-state index contributed by atoms with van der Waals surface area (Å²) in [5.74, 6) is 1.75. The predicted octanol–water partition coefficient (Wildman–Crippen LogP) is 2.14. The third-order valence-electron chi connectivity index (χ3n) is 3.33. The van der Waals surface area contributed by atoms with Crippen molar-refractivity contribution >= 4 is 5.82 Å². The molecule has 2 heterocycles. The number of rotatable bonds is 4. The minimum atomic E-state index is 0.864. The quantitative estimate of drug-likeness (QED) is 0.866. The van der Waals surface area contributed by atoms with Gasteiger partial charge in [-0.3, -0.25) is 9.88 Å². The highest BCUT2D eigenvalue weighted by Gasteiger charge is 2.15. The normalized spacial score (nSPS) is 18.2. The first kappa shape index (κ1) is 12.3. The van der Waals surface area contributed by atoms with E-state index in [0.29, 0.717) is 0 Å². The molecule has 17 heavy (non-hydrogen) atoms. The molecule has 0 atom stereocenters. The average molecular weight is 234 g/mol. The van der Waals surface area contributed by atoms with Crippen LogP contribution in [-0.4, -0.2) is 34.5 Å². The third kappa shape index (κ3) is 3.66. The summed E-state index contributed by atoms with van der Waals surface area (Å²) in [6, 6.07) is 0. The summed E-state index contributed by atoms with van der Waals surface area (Å²) >= 11 is 0. The van der Waals surface area contributed by atoms with Crippen molar-refractivity contribution in [3.8, 4) is 0 Å². The van der Waals surface area contributed by atoms with Crippen molar-refractivity contribution in [2.24, 2.45) is 5.92 Å². The number of hydrogen-bond donors (Lipinski definition) is 1. The molecule has 1 aromatic heterocycles. The fourth-order valence-corrected chi connectivity index (χ4v) is 2.16. The Bertz CT molecular complexity index is 328. The molecule has 0 bridgehead atoms. The van der Waals surface area contributed by atoms with Crippen LogP contribution in [-0.2, 0) is 6.54 Å². The number of aromatic nitrogens is 2. The van der Waals surface area contributed by atoms with Gasteiger partial charge in [0.05, 0.1) is 18.1 Å². The van der Waals surface area contributed by atoms with Crippen LogP contribution in [0.15, 0.2) is 12.4 Å². The van der Waals surface area contributed by atoms with Gasteiger partial charge < -0.3 is 5.32 Å². The molecule has 0 radical (unpaired) electrons. The van der Waals surface area contributed by atoms with Gasteiger partial charge in [0.15, 0.2) is 0 Å². The van der Waals surface area contributed by atoms with Crippen molar-refractivity contribution in [2.75, 3.05) is 25.0 Å². The highest BCUT2D eigenvalue weighted by molar-refractivity contribution is 5.30. The van der Waals surface area contributed by atoms with Gasteiger partial charge in [-0.05, 0) is 38.8 Å². The van der Waals surface area contributed by atoms with Gasteiger partial charge in [-0.15, -0.1) is 0 Å². The van der Waals surface area contributed by atoms with Crippen LogP contribution in [0.4, 0.5) is 5.82 Å². The van der Waals surface area contributed by atoms with Crippen molar-refractivity contribution < 1.29 is 0 Å². The molecule has 1 fully saturated rings. The predicted molar refractivity (Wildman–Crippen MR) is 69.9 cm³/mol. The van der Waals surface area contributed by atoms with Gasteiger partial charge in [0.25, 0.3) is 0 Å². The van der Waals surface area contributed by atoms with Crippen LogP contribution in [0, 0.1) is 5.92 Å². The van der Waals surface area contributed by atoms with Crippen LogP contribution in [0.5, 0.6) is 0 Å². The largest absolute Gasteiger partial charge is 0.369 e. The molecule has 0 aromatic carbocycles. The summed E-state index contributed by atoms with van der Waals surface area (Å²) < 4.78 is 0. The topological polar surface area (TPSA) is 41.1 Å². The van der Waals surface area contributed by atoms with E-state index in [9.17, 15) is 0 Å². The Kier molecular flexibility index (Phi) is 4.31. The van der Waals surface area contributed by atoms with E-state index in [1.165, 1.54) is 25.9 Å². The summed E-state index contributed by atoms with van der Waals surface area (Å²) in [4.78, 5) is 11.3. The van der Waals surface area contributed by atoms with Crippen LogP contribution in [0.3, 0.4) is 0 Å². The number of likely N-dealkylation sites (tertiary alicyclic amines) is 1. The van der Waals surface area contributed by atoms with E-state index < -0.39 is 0 Å². The number of nitrogens with zero attached hydrogens (tertiary/aromatic N) is 3. The van der Waals surface area contributed by atoms with E-state index in [-0.39, 0.29) is 0 Å². The summed E-state index contributed by atoms with van der Waals surface area (Å²) in [6.45, 7) is 8.60. The first-order chi connectivity index (χ1) is 8.28. The number of nitrogens with one attached hydrogen (secondary N) is 1. The van der Waals surface area contributed by atoms with E-state index in [1.54, 1.807) is 0 Å². The lowest BCUT2D eigenvalue weighted by molar-refractivity contribution is 0.183. The van der Waals surface area contributed by atoms with Crippen LogP contribution in [0.1, 0.15) is 32.4 Å². The Morgan fingerprint density at radius 3 is 2.65 bits per heavy atom. The first-order valence-electron chi connectivity index (χ1n) is 6.55. The maximum absolute atomic E-state index is 4.44. The lowest BCUT2D eigenvalue weighted by Crippen LogP contribution is -2.32. The van der Waals surface area contributed by atoms with Crippen molar-refractivity contribution in [1.82, 2.24) is 14.9 Å². The molecule has 1 aliphatic heterocycles. The Labute approximate surface area is 103 Å². The van der Waals surface area contributed by atoms with Gasteiger partial charge in [0, 0.05) is 13.1 Å². The molecule has 4 nitrogen and oxygen atoms in total. The van der Waals surface area contributed by atoms with Gasteiger partial charge in [-0.1, -0.05) is 6.92 Å². The minimum absolute atomic E-state index is 0.864. The maximum Gasteiger partial charge on any atom is 0.144 e. The zero-order valence-corrected chi connectivity index (χ0v) is 10.8. The van der Waals surface area contributed by atoms with Gasteiger partial charge in [-0.25, -0.2) is 4.98 Å². The maximum atomic E-state index is 4.44. The molecule has 1 aromatic rings. The molecular formula is C13H22N4. The Hall–Kier alpha value is -1.16. The Morgan fingerprint density at radius 1 is 1.29 bits per heavy atom. The monoisotopic (exact) mass is 234 g/mol. The standard InChI is InChI=1S/C13H22N4/c1-3-14-13-9-15-12(8-16-13)10-17-6-4-11(2)5-7-17/h8-9,11H,3-7,10H2,1-2H3,(H,14,16). The van der Waals surface area contributed by atoms with E-state index >= 15 is 0 Å². The molecule has 0 amide bonds. The third-order valence-corrected chi connectivity index (χ3v) is 3.33. The van der Waals surface area contributed by atoms with Gasteiger partial charge in [-0.2, -0.15) is 0 Å². The smallest absolute Gasteiger partial charge is 0.144 e. The van der Waals surface area contributed by atoms with Gasteiger partial charge >= 0.3 is 0 Å². The summed E-state index contributed by atoms with van der Waals surface area (Å²) in [5, 5.41) is 3.16. The van der Waals surface area contributed by atoms with Crippen molar-refractivity contribution in [3.05, 3.63) is 18.1 Å². The summed E-state index contributed by atoms with van der Waals surface area (Å²) in [6.07, 6.45) is 6.33. The van der Waals surface area contributed by atoms with E-state index in [4.69, 9.17) is 0 Å². The Morgan fingerprint density at radius 2 is 2.06 bits per heavy atom. The second kappa shape index (κ2) is 5.96. The van der Waals surface area contributed by atoms with Crippen molar-refractivity contribution in [1.29, 1.82) is 0 Å². The lowest BCUT2D eigenvalue weighted by atomic mass is 9.99. The lowest BCUT2D eigenvalue weighted by Gasteiger charge is -2.29. The van der Waals surface area contributed by atoms with Crippen LogP contribution in [0.25, 0.3) is 0 Å². The molecule has 0 spiro atoms. The second-order valence-corrected chi connectivity index (χ2v) is 4.88. The van der Waals surface area contributed by atoms with E-state index in [0.717, 1.165) is 30.5 Å². The van der Waals surface area contributed by atoms with Gasteiger partial charge in [0.2, 0.25) is 0 Å². The minimum Gasteiger partial charge on any atom is -0.369 e. The van der Waals surface area contributed by atoms with Crippen LogP contribution in [0.2, 0.25) is 0 Å². The number of hydrogen-bond acceptors (Lipinski definition) is 4. The molecule has 0 unspecified atom stereocenters. The van der Waals surface area contributed by atoms with E-state index in [2.05, 4.69) is 34.0 Å². The molecule has 94 valence electrons. The van der Waals surface area contributed by atoms with Crippen molar-refractivity contribution in [3.63, 3.8) is 0 Å². The Balaban J connectivity index is 1.86. The number of anilines is 1. The van der Waals surface area contributed by atoms with Crippen LogP contribution >= 0.6 is 0 Å². The second-order valence-electron chi connectivity index (χ2n) is 4.88. The van der Waals surface area contributed by atoms with Crippen molar-refractivity contribution in [2.45, 2.75) is 33.2 Å². The fraction of sp³-hybridized carbons (Fsp3) is 0.692. The number of piperidine rings is 1. The average Bonchev–Trinajstić information content (AvgIpc) is 2.35. The highest BCUT2D eigenvalue weighted by Crippen LogP contribution is 2.17. The molecule has 0 saturated carbocycles.